The van der Waals surface area contributed by atoms with E-state index in [-0.39, 0.29) is 23.3 Å². The summed E-state index contributed by atoms with van der Waals surface area (Å²) in [7, 11) is -3.76. The number of hydrogen-bond acceptors (Lipinski definition) is 6. The highest BCUT2D eigenvalue weighted by Gasteiger charge is 2.73. The minimum Gasteiger partial charge on any atom is -0.454 e. The molecule has 3 unspecified atom stereocenters. The minimum absolute atomic E-state index is 0.120. The summed E-state index contributed by atoms with van der Waals surface area (Å²) in [4.78, 5) is 0.295. The van der Waals surface area contributed by atoms with Crippen LogP contribution in [0, 0.1) is 5.41 Å². The number of ether oxygens (including phenoxy) is 3. The molecular weight excluding hydrogens is 434 g/mol. The third kappa shape index (κ3) is 3.28. The van der Waals surface area contributed by atoms with Gasteiger partial charge in [0.2, 0.25) is 6.79 Å². The summed E-state index contributed by atoms with van der Waals surface area (Å²) in [6.45, 7) is 2.52. The van der Waals surface area contributed by atoms with Crippen LogP contribution in [0.25, 0.3) is 0 Å². The first-order valence-electron chi connectivity index (χ1n) is 9.09. The topological polar surface area (TPSA) is 87.8 Å². The summed E-state index contributed by atoms with van der Waals surface area (Å²) in [5, 5.41) is -0.386. The van der Waals surface area contributed by atoms with Gasteiger partial charge in [-0.05, 0) is 48.9 Å². The molecule has 4 rings (SSSR count). The van der Waals surface area contributed by atoms with E-state index in [0.717, 1.165) is 5.56 Å². The van der Waals surface area contributed by atoms with E-state index in [0.29, 0.717) is 23.1 Å². The molecule has 2 aliphatic rings. The first kappa shape index (κ1) is 20.4. The molecule has 0 amide bonds. The normalized spacial score (nSPS) is 25.0. The van der Waals surface area contributed by atoms with Gasteiger partial charge in [0, 0.05) is 17.5 Å². The van der Waals surface area contributed by atoms with Crippen LogP contribution in [-0.2, 0) is 14.6 Å². The molecule has 6 nitrogen and oxygen atoms in total. The Kier molecular flexibility index (Phi) is 5.23. The maximum absolute atomic E-state index is 13.5. The van der Waals surface area contributed by atoms with E-state index in [1.165, 1.54) is 12.1 Å². The van der Waals surface area contributed by atoms with Crippen molar-refractivity contribution in [2.24, 2.45) is 11.1 Å². The average Bonchev–Trinajstić information content (AvgIpc) is 3.18. The van der Waals surface area contributed by atoms with Crippen molar-refractivity contribution in [1.29, 1.82) is 0 Å². The first-order valence-corrected chi connectivity index (χ1v) is 11.4. The lowest BCUT2D eigenvalue weighted by Gasteiger charge is -2.17. The molecule has 0 saturated heterocycles. The third-order valence-electron chi connectivity index (χ3n) is 5.49. The van der Waals surface area contributed by atoms with Crippen molar-refractivity contribution in [2.45, 2.75) is 23.0 Å². The minimum atomic E-state index is -3.76. The van der Waals surface area contributed by atoms with E-state index in [1.807, 2.05) is 13.0 Å². The predicted octanol–water partition coefficient (Wildman–Crippen LogP) is 3.32. The number of halogens is 1. The summed E-state index contributed by atoms with van der Waals surface area (Å²) in [6, 6.07) is 11.5. The van der Waals surface area contributed by atoms with Crippen LogP contribution < -0.4 is 15.2 Å². The van der Waals surface area contributed by atoms with Gasteiger partial charge in [-0.15, -0.1) is 0 Å². The fourth-order valence-corrected chi connectivity index (χ4v) is 6.92. The Hall–Kier alpha value is -1.87. The molecule has 2 aromatic carbocycles. The Morgan fingerprint density at radius 1 is 1.24 bits per heavy atom. The van der Waals surface area contributed by atoms with Gasteiger partial charge < -0.3 is 19.9 Å². The molecule has 154 valence electrons. The molecule has 1 heterocycles. The van der Waals surface area contributed by atoms with Gasteiger partial charge in [-0.1, -0.05) is 29.9 Å². The third-order valence-corrected chi connectivity index (χ3v) is 8.41. The van der Waals surface area contributed by atoms with Crippen LogP contribution in [0.5, 0.6) is 11.5 Å². The van der Waals surface area contributed by atoms with E-state index in [9.17, 15) is 8.42 Å². The Balaban J connectivity index is 1.80. The molecule has 1 fully saturated rings. The Morgan fingerprint density at radius 2 is 1.93 bits per heavy atom. The molecular formula is C20H20ClNO5S2. The number of rotatable bonds is 7. The lowest BCUT2D eigenvalue weighted by atomic mass is 9.99. The molecule has 2 aromatic rings. The van der Waals surface area contributed by atoms with Crippen molar-refractivity contribution in [3.63, 3.8) is 0 Å². The van der Waals surface area contributed by atoms with Crippen LogP contribution in [0.2, 0.25) is 5.02 Å². The van der Waals surface area contributed by atoms with Gasteiger partial charge in [0.05, 0.1) is 27.2 Å². The van der Waals surface area contributed by atoms with Crippen molar-refractivity contribution < 1.29 is 22.6 Å². The molecule has 1 aliphatic heterocycles. The monoisotopic (exact) mass is 453 g/mol. The quantitative estimate of drug-likeness (QED) is 0.643. The van der Waals surface area contributed by atoms with Gasteiger partial charge in [0.1, 0.15) is 0 Å². The number of thiocarbonyl (C=S) groups is 1. The first-order chi connectivity index (χ1) is 13.8. The highest BCUT2D eigenvalue weighted by Crippen LogP contribution is 2.65. The highest BCUT2D eigenvalue weighted by atomic mass is 35.5. The lowest BCUT2D eigenvalue weighted by molar-refractivity contribution is 0.121. The number of fused-ring (bicyclic) bond motifs is 1. The number of sulfone groups is 1. The predicted molar refractivity (Wildman–Crippen MR) is 113 cm³/mol. The smallest absolute Gasteiger partial charge is 0.231 e. The van der Waals surface area contributed by atoms with E-state index in [4.69, 9.17) is 43.8 Å². The molecule has 0 radical (unpaired) electrons. The van der Waals surface area contributed by atoms with Crippen molar-refractivity contribution in [3.05, 3.63) is 53.1 Å². The Bertz CT molecular complexity index is 1060. The maximum atomic E-state index is 13.5. The van der Waals surface area contributed by atoms with Crippen molar-refractivity contribution in [2.75, 3.05) is 20.0 Å². The molecule has 0 spiro atoms. The largest absolute Gasteiger partial charge is 0.454 e. The second-order valence-corrected chi connectivity index (χ2v) is 10.00. The summed E-state index contributed by atoms with van der Waals surface area (Å²) in [5.74, 6) is 0.740. The highest BCUT2D eigenvalue weighted by molar-refractivity contribution is 7.92. The van der Waals surface area contributed by atoms with Gasteiger partial charge in [-0.25, -0.2) is 8.42 Å². The van der Waals surface area contributed by atoms with Crippen LogP contribution in [0.3, 0.4) is 0 Å². The molecule has 2 N–H and O–H groups in total. The molecule has 3 atom stereocenters. The number of hydrogen-bond donors (Lipinski definition) is 1. The van der Waals surface area contributed by atoms with Crippen molar-refractivity contribution in [3.8, 4) is 11.5 Å². The average molecular weight is 454 g/mol. The number of nitrogens with two attached hydrogens (primary N) is 1. The summed E-state index contributed by atoms with van der Waals surface area (Å²) in [5.41, 5.74) is 5.88. The summed E-state index contributed by atoms with van der Waals surface area (Å²) >= 11 is 11.3. The van der Waals surface area contributed by atoms with Gasteiger partial charge >= 0.3 is 0 Å². The zero-order valence-electron chi connectivity index (χ0n) is 15.6. The second-order valence-electron chi connectivity index (χ2n) is 7.05. The molecule has 1 aliphatic carbocycles. The summed E-state index contributed by atoms with van der Waals surface area (Å²) < 4.78 is 43.5. The molecule has 29 heavy (non-hydrogen) atoms. The fraction of sp³-hybridized carbons (Fsp3) is 0.350. The van der Waals surface area contributed by atoms with E-state index in [2.05, 4.69) is 0 Å². The van der Waals surface area contributed by atoms with Crippen molar-refractivity contribution in [1.82, 2.24) is 0 Å². The fourth-order valence-electron chi connectivity index (χ4n) is 4.02. The van der Waals surface area contributed by atoms with Crippen LogP contribution in [-0.4, -0.2) is 38.7 Å². The Labute approximate surface area is 179 Å². The zero-order valence-corrected chi connectivity index (χ0v) is 18.0. The van der Waals surface area contributed by atoms with Crippen LogP contribution in [0.1, 0.15) is 18.4 Å². The molecule has 0 bridgehead atoms. The van der Waals surface area contributed by atoms with E-state index in [1.54, 1.807) is 24.3 Å². The number of benzene rings is 2. The van der Waals surface area contributed by atoms with E-state index < -0.39 is 26.4 Å². The summed E-state index contributed by atoms with van der Waals surface area (Å²) in [6.07, 6.45) is 0. The molecule has 0 aromatic heterocycles. The molecule has 9 heteroatoms. The van der Waals surface area contributed by atoms with Crippen LogP contribution in [0.4, 0.5) is 0 Å². The van der Waals surface area contributed by atoms with Gasteiger partial charge in [0.25, 0.3) is 0 Å². The van der Waals surface area contributed by atoms with Crippen molar-refractivity contribution >= 4 is 38.6 Å². The lowest BCUT2D eigenvalue weighted by Crippen LogP contribution is -2.33. The zero-order chi connectivity index (χ0) is 20.8. The van der Waals surface area contributed by atoms with Gasteiger partial charge in [-0.2, -0.15) is 0 Å². The van der Waals surface area contributed by atoms with Gasteiger partial charge in [-0.3, -0.25) is 0 Å². The van der Waals surface area contributed by atoms with Gasteiger partial charge in [0.15, 0.2) is 21.3 Å². The maximum Gasteiger partial charge on any atom is 0.231 e. The SMILES string of the molecule is CCOCC1(C(N)=S)C(c2ccc3c(c2)OCO3)C1S(=O)(=O)c1ccc(Cl)cc1. The second kappa shape index (κ2) is 7.43. The van der Waals surface area contributed by atoms with Crippen LogP contribution >= 0.6 is 23.8 Å². The molecule has 1 saturated carbocycles. The Morgan fingerprint density at radius 3 is 2.59 bits per heavy atom. The van der Waals surface area contributed by atoms with E-state index >= 15 is 0 Å². The van der Waals surface area contributed by atoms with Crippen LogP contribution in [0.15, 0.2) is 47.4 Å². The standard InChI is InChI=1S/C20H20ClNO5S2/c1-2-25-10-20(19(22)28)17(12-3-8-15-16(9-12)27-11-26-15)18(20)29(23,24)14-6-4-13(21)5-7-14/h3-9,17-18H,2,10-11H2,1H3,(H2,22,28).